The van der Waals surface area contributed by atoms with Crippen molar-refractivity contribution in [1.29, 1.82) is 0 Å². The Morgan fingerprint density at radius 2 is 1.96 bits per heavy atom. The van der Waals surface area contributed by atoms with Crippen LogP contribution in [0.3, 0.4) is 0 Å². The third-order valence-electron chi connectivity index (χ3n) is 5.09. The molecule has 1 aromatic carbocycles. The van der Waals surface area contributed by atoms with Gasteiger partial charge in [0.2, 0.25) is 0 Å². The van der Waals surface area contributed by atoms with E-state index in [2.05, 4.69) is 0 Å². The molecule has 1 aliphatic carbocycles. The predicted octanol–water partition coefficient (Wildman–Crippen LogP) is 5.52. The lowest BCUT2D eigenvalue weighted by atomic mass is 9.89. The summed E-state index contributed by atoms with van der Waals surface area (Å²) in [5, 5.41) is 1.93. The van der Waals surface area contributed by atoms with Gasteiger partial charge in [-0.25, -0.2) is 4.98 Å². The minimum Gasteiger partial charge on any atom is -0.469 e. The van der Waals surface area contributed by atoms with Crippen LogP contribution in [0.1, 0.15) is 34.5 Å². The summed E-state index contributed by atoms with van der Waals surface area (Å²) >= 11 is 7.91. The van der Waals surface area contributed by atoms with Crippen molar-refractivity contribution in [3.8, 4) is 11.1 Å². The van der Waals surface area contributed by atoms with Gasteiger partial charge in [0.15, 0.2) is 0 Å². The van der Waals surface area contributed by atoms with Crippen molar-refractivity contribution in [1.82, 2.24) is 4.98 Å². The summed E-state index contributed by atoms with van der Waals surface area (Å²) in [6.07, 6.45) is 4.89. The van der Waals surface area contributed by atoms with Crippen molar-refractivity contribution >= 4 is 39.1 Å². The van der Waals surface area contributed by atoms with Gasteiger partial charge in [0, 0.05) is 21.0 Å². The number of esters is 1. The number of hydrogen-bond donors (Lipinski definition) is 0. The summed E-state index contributed by atoms with van der Waals surface area (Å²) in [6.45, 7) is 1.98. The fourth-order valence-corrected chi connectivity index (χ4v) is 5.25. The van der Waals surface area contributed by atoms with Gasteiger partial charge < -0.3 is 4.74 Å². The maximum absolute atomic E-state index is 12.1. The smallest absolute Gasteiger partial charge is 0.310 e. The number of fused-ring (bicyclic) bond motifs is 3. The van der Waals surface area contributed by atoms with Gasteiger partial charge >= 0.3 is 5.97 Å². The SMILES string of the molecule is COC(=O)Cc1c(C)nc2sc3c(c2c1-c1ccc(Cl)cc1)CCCC3. The molecule has 0 radical (unpaired) electrons. The first-order chi connectivity index (χ1) is 12.6. The summed E-state index contributed by atoms with van der Waals surface area (Å²) in [4.78, 5) is 19.4. The number of aromatic nitrogens is 1. The van der Waals surface area contributed by atoms with E-state index in [9.17, 15) is 4.79 Å². The number of aryl methyl sites for hydroxylation is 3. The highest BCUT2D eigenvalue weighted by Gasteiger charge is 2.24. The Hall–Kier alpha value is -1.91. The summed E-state index contributed by atoms with van der Waals surface area (Å²) in [5.41, 5.74) is 5.47. The van der Waals surface area contributed by atoms with Crippen LogP contribution in [0.25, 0.3) is 21.3 Å². The van der Waals surface area contributed by atoms with Crippen LogP contribution in [0.2, 0.25) is 5.02 Å². The second kappa shape index (κ2) is 7.01. The molecule has 3 nitrogen and oxygen atoms in total. The first-order valence-corrected chi connectivity index (χ1v) is 10.0. The Bertz CT molecular complexity index is 992. The van der Waals surface area contributed by atoms with Gasteiger partial charge in [-0.05, 0) is 67.0 Å². The average molecular weight is 386 g/mol. The number of rotatable bonds is 3. The van der Waals surface area contributed by atoms with Gasteiger partial charge in [-0.3, -0.25) is 4.79 Å². The zero-order valence-electron chi connectivity index (χ0n) is 14.9. The lowest BCUT2D eigenvalue weighted by molar-refractivity contribution is -0.139. The number of methoxy groups -OCH3 is 1. The van der Waals surface area contributed by atoms with Gasteiger partial charge in [0.25, 0.3) is 0 Å². The summed E-state index contributed by atoms with van der Waals surface area (Å²) in [6, 6.07) is 7.87. The van der Waals surface area contributed by atoms with Gasteiger partial charge in [0.1, 0.15) is 4.83 Å². The summed E-state index contributed by atoms with van der Waals surface area (Å²) in [7, 11) is 1.43. The number of halogens is 1. The van der Waals surface area contributed by atoms with Crippen LogP contribution in [0.4, 0.5) is 0 Å². The van der Waals surface area contributed by atoms with Crippen LogP contribution < -0.4 is 0 Å². The van der Waals surface area contributed by atoms with E-state index in [0.717, 1.165) is 40.1 Å². The average Bonchev–Trinajstić information content (AvgIpc) is 3.01. The summed E-state index contributed by atoms with van der Waals surface area (Å²) in [5.74, 6) is -0.242. The lowest BCUT2D eigenvalue weighted by Crippen LogP contribution is -2.09. The van der Waals surface area contributed by atoms with Crippen molar-refractivity contribution < 1.29 is 9.53 Å². The highest BCUT2D eigenvalue weighted by Crippen LogP contribution is 2.43. The van der Waals surface area contributed by atoms with E-state index in [1.54, 1.807) is 11.3 Å². The molecule has 2 aromatic heterocycles. The minimum atomic E-state index is -0.242. The van der Waals surface area contributed by atoms with Gasteiger partial charge in [-0.2, -0.15) is 0 Å². The largest absolute Gasteiger partial charge is 0.469 e. The predicted molar refractivity (Wildman–Crippen MR) is 107 cm³/mol. The van der Waals surface area contributed by atoms with Crippen molar-refractivity contribution in [2.24, 2.45) is 0 Å². The van der Waals surface area contributed by atoms with Crippen LogP contribution in [-0.4, -0.2) is 18.1 Å². The normalized spacial score (nSPS) is 13.7. The van der Waals surface area contributed by atoms with Gasteiger partial charge in [-0.1, -0.05) is 23.7 Å². The van der Waals surface area contributed by atoms with Crippen LogP contribution in [0.15, 0.2) is 24.3 Å². The molecule has 1 aliphatic rings. The van der Waals surface area contributed by atoms with Crippen LogP contribution >= 0.6 is 22.9 Å². The molecule has 0 atom stereocenters. The van der Waals surface area contributed by atoms with E-state index in [0.29, 0.717) is 5.02 Å². The highest BCUT2D eigenvalue weighted by molar-refractivity contribution is 7.19. The molecule has 0 fully saturated rings. The molecule has 0 saturated carbocycles. The standard InChI is InChI=1S/C21H20ClNO2S/c1-12-16(11-18(24)25-2)19(13-7-9-14(22)10-8-13)20-15-5-3-4-6-17(15)26-21(20)23-12/h7-10H,3-6,11H2,1-2H3. The number of hydrogen-bond acceptors (Lipinski definition) is 4. The molecule has 5 heteroatoms. The molecule has 134 valence electrons. The number of thiophene rings is 1. The summed E-state index contributed by atoms with van der Waals surface area (Å²) < 4.78 is 4.94. The number of nitrogens with zero attached hydrogens (tertiary/aromatic N) is 1. The highest BCUT2D eigenvalue weighted by atomic mass is 35.5. The molecule has 0 bridgehead atoms. The van der Waals surface area contributed by atoms with Gasteiger partial charge in [-0.15, -0.1) is 11.3 Å². The number of pyridine rings is 1. The monoisotopic (exact) mass is 385 g/mol. The lowest BCUT2D eigenvalue weighted by Gasteiger charge is -2.16. The zero-order valence-corrected chi connectivity index (χ0v) is 16.5. The van der Waals surface area contributed by atoms with Crippen molar-refractivity contribution in [3.05, 3.63) is 51.0 Å². The van der Waals surface area contributed by atoms with Crippen molar-refractivity contribution in [2.45, 2.75) is 39.0 Å². The van der Waals surface area contributed by atoms with Crippen LogP contribution in [0, 0.1) is 6.92 Å². The van der Waals surface area contributed by atoms with E-state index in [4.69, 9.17) is 21.3 Å². The maximum Gasteiger partial charge on any atom is 0.310 e. The number of carbonyl (C=O) groups excluding carboxylic acids is 1. The molecular weight excluding hydrogens is 366 g/mol. The third kappa shape index (κ3) is 3.01. The molecule has 0 saturated heterocycles. The minimum absolute atomic E-state index is 0.230. The Morgan fingerprint density at radius 1 is 1.23 bits per heavy atom. The Balaban J connectivity index is 2.04. The third-order valence-corrected chi connectivity index (χ3v) is 6.53. The molecule has 0 aliphatic heterocycles. The number of carbonyl (C=O) groups is 1. The number of ether oxygens (including phenoxy) is 1. The van der Waals surface area contributed by atoms with Crippen LogP contribution in [-0.2, 0) is 28.8 Å². The van der Waals surface area contributed by atoms with E-state index < -0.39 is 0 Å². The zero-order chi connectivity index (χ0) is 18.3. The second-order valence-corrected chi connectivity index (χ2v) is 8.22. The van der Waals surface area contributed by atoms with E-state index in [1.807, 2.05) is 31.2 Å². The Labute approximate surface area is 162 Å². The molecule has 2 heterocycles. The fourth-order valence-electron chi connectivity index (χ4n) is 3.81. The Kier molecular flexibility index (Phi) is 4.72. The van der Waals surface area contributed by atoms with Crippen molar-refractivity contribution in [2.75, 3.05) is 7.11 Å². The second-order valence-electron chi connectivity index (χ2n) is 6.70. The molecule has 26 heavy (non-hydrogen) atoms. The molecule has 0 N–H and O–H groups in total. The van der Waals surface area contributed by atoms with Crippen molar-refractivity contribution in [3.63, 3.8) is 0 Å². The maximum atomic E-state index is 12.1. The molecule has 0 unspecified atom stereocenters. The Morgan fingerprint density at radius 3 is 2.69 bits per heavy atom. The fraction of sp³-hybridized carbons (Fsp3) is 0.333. The van der Waals surface area contributed by atoms with E-state index >= 15 is 0 Å². The quantitative estimate of drug-likeness (QED) is 0.557. The first kappa shape index (κ1) is 17.5. The molecule has 0 spiro atoms. The van der Waals surface area contributed by atoms with Gasteiger partial charge in [0.05, 0.1) is 13.5 Å². The molecule has 4 rings (SSSR count). The molecule has 3 aromatic rings. The van der Waals surface area contributed by atoms with E-state index in [-0.39, 0.29) is 12.4 Å². The molecular formula is C21H20ClNO2S. The first-order valence-electron chi connectivity index (χ1n) is 8.85. The molecule has 0 amide bonds. The van der Waals surface area contributed by atoms with Crippen LogP contribution in [0.5, 0.6) is 0 Å². The van der Waals surface area contributed by atoms with E-state index in [1.165, 1.54) is 35.8 Å². The topological polar surface area (TPSA) is 39.2 Å². The number of benzene rings is 1.